The van der Waals surface area contributed by atoms with E-state index in [2.05, 4.69) is 0 Å². The van der Waals surface area contributed by atoms with E-state index in [4.69, 9.17) is 9.47 Å². The van der Waals surface area contributed by atoms with Gasteiger partial charge in [0.05, 0.1) is 11.5 Å². The minimum Gasteiger partial charge on any atom is -0.452 e. The summed E-state index contributed by atoms with van der Waals surface area (Å²) in [6.45, 7) is 5.51. The third-order valence-corrected chi connectivity index (χ3v) is 5.90. The number of benzene rings is 1. The molecule has 5 atom stereocenters. The number of rotatable bonds is 4. The summed E-state index contributed by atoms with van der Waals surface area (Å²) in [5.41, 5.74) is -8.62. The van der Waals surface area contributed by atoms with Gasteiger partial charge in [0, 0.05) is 13.0 Å². The van der Waals surface area contributed by atoms with Crippen LogP contribution in [0.25, 0.3) is 0 Å². The molecule has 0 aromatic heterocycles. The van der Waals surface area contributed by atoms with Gasteiger partial charge in [-0.2, -0.15) is 0 Å². The van der Waals surface area contributed by atoms with Crippen molar-refractivity contribution in [3.63, 3.8) is 0 Å². The number of hydrogen-bond acceptors (Lipinski definition) is 8. The zero-order chi connectivity index (χ0) is 20.2. The summed E-state index contributed by atoms with van der Waals surface area (Å²) in [6.07, 6.45) is 0. The van der Waals surface area contributed by atoms with Crippen molar-refractivity contribution in [3.8, 4) is 5.75 Å². The Morgan fingerprint density at radius 3 is 2.08 bits per heavy atom. The highest BCUT2D eigenvalue weighted by molar-refractivity contribution is 5.46. The van der Waals surface area contributed by atoms with Crippen molar-refractivity contribution in [1.82, 2.24) is 0 Å². The van der Waals surface area contributed by atoms with Crippen LogP contribution in [0.5, 0.6) is 5.75 Å². The van der Waals surface area contributed by atoms with E-state index in [0.717, 1.165) is 0 Å². The fourth-order valence-electron chi connectivity index (χ4n) is 3.27. The highest BCUT2D eigenvalue weighted by atomic mass is 16.7. The van der Waals surface area contributed by atoms with Crippen molar-refractivity contribution >= 4 is 5.69 Å². The third kappa shape index (κ3) is 2.50. The monoisotopic (exact) mass is 371 g/mol. The Morgan fingerprint density at radius 1 is 1.04 bits per heavy atom. The van der Waals surface area contributed by atoms with Gasteiger partial charge in [-0.3, -0.25) is 10.1 Å². The number of ether oxygens (including phenoxy) is 2. The molecule has 1 heterocycles. The van der Waals surface area contributed by atoms with Crippen LogP contribution in [-0.2, 0) is 4.74 Å². The Morgan fingerprint density at radius 2 is 1.58 bits per heavy atom. The number of nitro benzene ring substituents is 1. The Labute approximate surface area is 150 Å². The summed E-state index contributed by atoms with van der Waals surface area (Å²) in [6, 6.07) is 5.49. The van der Waals surface area contributed by atoms with Gasteiger partial charge < -0.3 is 29.9 Å². The third-order valence-electron chi connectivity index (χ3n) is 5.90. The van der Waals surface area contributed by atoms with Crippen molar-refractivity contribution in [2.24, 2.45) is 0 Å². The molecular weight excluding hydrogens is 346 g/mol. The second-order valence-electron chi connectivity index (χ2n) is 7.48. The van der Waals surface area contributed by atoms with Crippen LogP contribution in [0, 0.1) is 10.1 Å². The van der Waals surface area contributed by atoms with Gasteiger partial charge in [-0.1, -0.05) is 12.1 Å². The maximum Gasteiger partial charge on any atom is 0.311 e. The van der Waals surface area contributed by atoms with Crippen LogP contribution in [0.4, 0.5) is 5.69 Å². The largest absolute Gasteiger partial charge is 0.452 e. The molecule has 26 heavy (non-hydrogen) atoms. The minimum absolute atomic E-state index is 0.196. The molecule has 2 unspecified atom stereocenters. The Hall–Kier alpha value is -1.78. The van der Waals surface area contributed by atoms with Crippen LogP contribution >= 0.6 is 0 Å². The molecule has 0 aliphatic carbocycles. The fourth-order valence-corrected chi connectivity index (χ4v) is 3.27. The predicted molar refractivity (Wildman–Crippen MR) is 90.6 cm³/mol. The summed E-state index contributed by atoms with van der Waals surface area (Å²) >= 11 is 0. The molecule has 4 N–H and O–H groups in total. The standard InChI is InChI=1S/C17H25NO8/c1-13(10-19)14(2,20)15(3,21)16(4,22)17(5,26-13)25-12-9-7-6-8-11(12)18(23)24/h6-9,19-22H,10H2,1-5H3/t13?,14-,15+,16?,17+/m0/s1. The van der Waals surface area contributed by atoms with Crippen LogP contribution in [0.2, 0.25) is 0 Å². The van der Waals surface area contributed by atoms with Crippen molar-refractivity contribution in [2.45, 2.75) is 62.8 Å². The van der Waals surface area contributed by atoms with E-state index in [-0.39, 0.29) is 11.4 Å². The Kier molecular flexibility index (Phi) is 4.63. The lowest BCUT2D eigenvalue weighted by atomic mass is 9.61. The Balaban J connectivity index is 2.62. The minimum atomic E-state index is -2.22. The van der Waals surface area contributed by atoms with E-state index >= 15 is 0 Å². The molecule has 0 bridgehead atoms. The van der Waals surface area contributed by atoms with E-state index < -0.39 is 39.7 Å². The van der Waals surface area contributed by atoms with E-state index in [0.29, 0.717) is 0 Å². The summed E-state index contributed by atoms with van der Waals surface area (Å²) in [5, 5.41) is 53.9. The van der Waals surface area contributed by atoms with Gasteiger partial charge in [0.2, 0.25) is 11.5 Å². The fraction of sp³-hybridized carbons (Fsp3) is 0.647. The summed E-state index contributed by atoms with van der Waals surface area (Å²) in [7, 11) is 0. The van der Waals surface area contributed by atoms with Gasteiger partial charge in [0.1, 0.15) is 16.8 Å². The molecule has 1 saturated heterocycles. The van der Waals surface area contributed by atoms with Crippen molar-refractivity contribution in [3.05, 3.63) is 34.4 Å². The van der Waals surface area contributed by atoms with Gasteiger partial charge in [0.15, 0.2) is 5.60 Å². The average molecular weight is 371 g/mol. The molecule has 9 heteroatoms. The quantitative estimate of drug-likeness (QED) is 0.448. The topological polar surface area (TPSA) is 143 Å². The summed E-state index contributed by atoms with van der Waals surface area (Å²) < 4.78 is 11.4. The molecule has 2 rings (SSSR count). The maximum absolute atomic E-state index is 11.2. The normalized spacial score (nSPS) is 43.1. The molecule has 1 aromatic rings. The van der Waals surface area contributed by atoms with Crippen molar-refractivity contribution in [2.75, 3.05) is 6.61 Å². The maximum atomic E-state index is 11.2. The zero-order valence-corrected chi connectivity index (χ0v) is 15.4. The first kappa shape index (κ1) is 20.5. The number of nitro groups is 1. The molecule has 0 saturated carbocycles. The lowest BCUT2D eigenvalue weighted by molar-refractivity contribution is -0.443. The van der Waals surface area contributed by atoms with Gasteiger partial charge in [0.25, 0.3) is 0 Å². The van der Waals surface area contributed by atoms with Gasteiger partial charge in [-0.25, -0.2) is 0 Å². The molecule has 1 aromatic carbocycles. The van der Waals surface area contributed by atoms with Gasteiger partial charge in [-0.15, -0.1) is 0 Å². The first-order valence-electron chi connectivity index (χ1n) is 8.07. The SMILES string of the molecule is CC1(CO)O[C@@](C)(Oc2ccccc2[N+](=O)[O-])C(C)(O)[C@](C)(O)[C@@]1(C)O. The second kappa shape index (κ2) is 5.86. The van der Waals surface area contributed by atoms with E-state index in [1.54, 1.807) is 0 Å². The van der Waals surface area contributed by atoms with Gasteiger partial charge in [-0.05, 0) is 33.8 Å². The molecule has 1 aliphatic rings. The lowest BCUT2D eigenvalue weighted by Gasteiger charge is -2.64. The summed E-state index contributed by atoms with van der Waals surface area (Å²) in [5.74, 6) is -2.24. The van der Waals surface area contributed by atoms with Gasteiger partial charge >= 0.3 is 5.69 Å². The smallest absolute Gasteiger partial charge is 0.311 e. The lowest BCUT2D eigenvalue weighted by Crippen LogP contribution is -2.85. The molecule has 0 radical (unpaired) electrons. The molecule has 146 valence electrons. The second-order valence-corrected chi connectivity index (χ2v) is 7.48. The molecule has 9 nitrogen and oxygen atoms in total. The van der Waals surface area contributed by atoms with Crippen LogP contribution in [0.15, 0.2) is 24.3 Å². The van der Waals surface area contributed by atoms with E-state index in [1.807, 2.05) is 0 Å². The molecule has 1 aliphatic heterocycles. The number of nitrogens with zero attached hydrogens (tertiary/aromatic N) is 1. The van der Waals surface area contributed by atoms with Crippen molar-refractivity contribution < 1.29 is 34.8 Å². The molecule has 0 amide bonds. The van der Waals surface area contributed by atoms with E-state index in [1.165, 1.54) is 58.9 Å². The van der Waals surface area contributed by atoms with Crippen LogP contribution < -0.4 is 4.74 Å². The number of aliphatic hydroxyl groups is 4. The predicted octanol–water partition coefficient (Wildman–Crippen LogP) is 0.724. The molecule has 0 spiro atoms. The van der Waals surface area contributed by atoms with Crippen LogP contribution in [-0.4, -0.2) is 60.1 Å². The summed E-state index contributed by atoms with van der Waals surface area (Å²) in [4.78, 5) is 10.6. The number of aliphatic hydroxyl groups excluding tert-OH is 1. The van der Waals surface area contributed by atoms with Crippen LogP contribution in [0.1, 0.15) is 34.6 Å². The number of hydrogen-bond donors (Lipinski definition) is 4. The average Bonchev–Trinajstić information content (AvgIpc) is 2.53. The zero-order valence-electron chi connectivity index (χ0n) is 15.4. The molecular formula is C17H25NO8. The molecule has 1 fully saturated rings. The first-order chi connectivity index (χ1) is 11.7. The first-order valence-corrected chi connectivity index (χ1v) is 8.07. The highest BCUT2D eigenvalue weighted by Gasteiger charge is 2.75. The highest BCUT2D eigenvalue weighted by Crippen LogP contribution is 2.54. The van der Waals surface area contributed by atoms with Crippen molar-refractivity contribution in [1.29, 1.82) is 0 Å². The van der Waals surface area contributed by atoms with Crippen LogP contribution in [0.3, 0.4) is 0 Å². The number of para-hydroxylation sites is 2. The Bertz CT molecular complexity index is 716. The van der Waals surface area contributed by atoms with E-state index in [9.17, 15) is 30.5 Å².